The van der Waals surface area contributed by atoms with Gasteiger partial charge in [-0.1, -0.05) is 36.4 Å². The van der Waals surface area contributed by atoms with Crippen LogP contribution in [0.2, 0.25) is 0 Å². The first-order valence-corrected chi connectivity index (χ1v) is 9.98. The van der Waals surface area contributed by atoms with E-state index in [1.807, 2.05) is 75.1 Å². The van der Waals surface area contributed by atoms with E-state index in [-0.39, 0.29) is 23.9 Å². The van der Waals surface area contributed by atoms with Crippen LogP contribution in [0, 0.1) is 5.92 Å². The summed E-state index contributed by atoms with van der Waals surface area (Å²) in [5, 5.41) is 2.97. The van der Waals surface area contributed by atoms with Crippen LogP contribution in [0.15, 0.2) is 54.9 Å². The van der Waals surface area contributed by atoms with Gasteiger partial charge in [-0.2, -0.15) is 0 Å². The van der Waals surface area contributed by atoms with E-state index in [9.17, 15) is 9.59 Å². The van der Waals surface area contributed by atoms with Crippen LogP contribution < -0.4 is 5.32 Å². The number of carbonyl (C=O) groups is 2. The highest BCUT2D eigenvalue weighted by atomic mass is 16.6. The number of rotatable bonds is 5. The van der Waals surface area contributed by atoms with Crippen LogP contribution in [0.25, 0.3) is 0 Å². The molecule has 1 fully saturated rings. The number of nitrogens with zero attached hydrogens (tertiary/aromatic N) is 2. The zero-order valence-corrected chi connectivity index (χ0v) is 17.5. The van der Waals surface area contributed by atoms with Crippen LogP contribution >= 0.6 is 0 Å². The molecule has 1 aliphatic rings. The molecule has 0 radical (unpaired) electrons. The van der Waals surface area contributed by atoms with Gasteiger partial charge in [0.1, 0.15) is 5.60 Å². The van der Waals surface area contributed by atoms with Crippen molar-refractivity contribution in [3.05, 3.63) is 66.0 Å². The number of aromatic nitrogens is 1. The molecule has 0 spiro atoms. The Balaban J connectivity index is 1.79. The minimum Gasteiger partial charge on any atom is -0.444 e. The molecule has 2 aromatic rings. The predicted molar refractivity (Wildman–Crippen MR) is 111 cm³/mol. The quantitative estimate of drug-likeness (QED) is 0.821. The number of nitrogens with one attached hydrogen (secondary N) is 1. The van der Waals surface area contributed by atoms with Gasteiger partial charge in [0, 0.05) is 31.3 Å². The zero-order valence-electron chi connectivity index (χ0n) is 17.5. The molecule has 1 aromatic heterocycles. The normalized spacial score (nSPS) is 19.0. The number of ether oxygens (including phenoxy) is 1. The second kappa shape index (κ2) is 8.64. The van der Waals surface area contributed by atoms with Gasteiger partial charge in [0.05, 0.1) is 12.1 Å². The van der Waals surface area contributed by atoms with Gasteiger partial charge in [0.25, 0.3) is 0 Å². The average Bonchev–Trinajstić information content (AvgIpc) is 3.07. The van der Waals surface area contributed by atoms with E-state index in [1.165, 1.54) is 0 Å². The zero-order chi connectivity index (χ0) is 21.0. The lowest BCUT2D eigenvalue weighted by atomic mass is 9.93. The van der Waals surface area contributed by atoms with Crippen LogP contribution in [0.5, 0.6) is 0 Å². The lowest BCUT2D eigenvalue weighted by molar-refractivity contribution is -0.129. The maximum Gasteiger partial charge on any atom is 0.408 e. The van der Waals surface area contributed by atoms with Crippen molar-refractivity contribution in [3.8, 4) is 0 Å². The summed E-state index contributed by atoms with van der Waals surface area (Å²) in [6, 6.07) is 13.4. The SMILES string of the molecule is CC(c1ccccc1)N1CC([C@@H](NC(=O)OC(C)(C)C)c2cccnc2)CC1=O. The number of amides is 2. The summed E-state index contributed by atoms with van der Waals surface area (Å²) in [4.78, 5) is 31.4. The molecule has 29 heavy (non-hydrogen) atoms. The monoisotopic (exact) mass is 395 g/mol. The van der Waals surface area contributed by atoms with E-state index < -0.39 is 11.7 Å². The van der Waals surface area contributed by atoms with Gasteiger partial charge in [0.2, 0.25) is 5.91 Å². The van der Waals surface area contributed by atoms with Gasteiger partial charge in [-0.25, -0.2) is 4.79 Å². The summed E-state index contributed by atoms with van der Waals surface area (Å²) >= 11 is 0. The minimum atomic E-state index is -0.594. The molecule has 1 aliphatic heterocycles. The molecule has 2 amide bonds. The topological polar surface area (TPSA) is 71.5 Å². The van der Waals surface area contributed by atoms with Gasteiger partial charge in [0.15, 0.2) is 0 Å². The maximum absolute atomic E-state index is 12.8. The van der Waals surface area contributed by atoms with Crippen molar-refractivity contribution in [2.45, 2.75) is 51.8 Å². The largest absolute Gasteiger partial charge is 0.444 e. The standard InChI is InChI=1S/C23H29N3O3/c1-16(17-9-6-5-7-10-17)26-15-19(13-20(26)27)21(18-11-8-12-24-14-18)25-22(28)29-23(2,3)4/h5-12,14,16,19,21H,13,15H2,1-4H3,(H,25,28)/t16?,19?,21-/m0/s1. The molecule has 1 N–H and O–H groups in total. The van der Waals surface area contributed by atoms with E-state index in [0.717, 1.165) is 11.1 Å². The maximum atomic E-state index is 12.8. The Morgan fingerprint density at radius 3 is 2.48 bits per heavy atom. The van der Waals surface area contributed by atoms with Crippen molar-refractivity contribution in [3.63, 3.8) is 0 Å². The summed E-state index contributed by atoms with van der Waals surface area (Å²) in [5.41, 5.74) is 1.37. The summed E-state index contributed by atoms with van der Waals surface area (Å²) in [7, 11) is 0. The molecule has 2 unspecified atom stereocenters. The fourth-order valence-electron chi connectivity index (χ4n) is 3.74. The lowest BCUT2D eigenvalue weighted by Crippen LogP contribution is -2.38. The smallest absolute Gasteiger partial charge is 0.408 e. The van der Waals surface area contributed by atoms with Crippen molar-refractivity contribution >= 4 is 12.0 Å². The number of benzene rings is 1. The molecule has 2 heterocycles. The molecule has 154 valence electrons. The fraction of sp³-hybridized carbons (Fsp3) is 0.435. The molecule has 6 heteroatoms. The number of carbonyl (C=O) groups excluding carboxylic acids is 2. The number of hydrogen-bond donors (Lipinski definition) is 1. The molecule has 0 aliphatic carbocycles. The Kier molecular flexibility index (Phi) is 6.20. The third-order valence-corrected chi connectivity index (χ3v) is 5.13. The Morgan fingerprint density at radius 1 is 1.17 bits per heavy atom. The second-order valence-corrected chi connectivity index (χ2v) is 8.51. The number of pyridine rings is 1. The van der Waals surface area contributed by atoms with Crippen molar-refractivity contribution in [1.82, 2.24) is 15.2 Å². The van der Waals surface area contributed by atoms with Gasteiger partial charge < -0.3 is 15.0 Å². The molecular formula is C23H29N3O3. The van der Waals surface area contributed by atoms with Gasteiger partial charge >= 0.3 is 6.09 Å². The Morgan fingerprint density at radius 2 is 1.86 bits per heavy atom. The van der Waals surface area contributed by atoms with Crippen molar-refractivity contribution < 1.29 is 14.3 Å². The van der Waals surface area contributed by atoms with E-state index in [0.29, 0.717) is 13.0 Å². The molecule has 3 atom stereocenters. The molecule has 0 saturated carbocycles. The lowest BCUT2D eigenvalue weighted by Gasteiger charge is -2.29. The fourth-order valence-corrected chi connectivity index (χ4v) is 3.74. The van der Waals surface area contributed by atoms with Crippen molar-refractivity contribution in [2.75, 3.05) is 6.54 Å². The highest BCUT2D eigenvalue weighted by Gasteiger charge is 2.39. The van der Waals surface area contributed by atoms with Crippen LogP contribution in [0.1, 0.15) is 57.3 Å². The van der Waals surface area contributed by atoms with Crippen molar-refractivity contribution in [2.24, 2.45) is 5.92 Å². The third-order valence-electron chi connectivity index (χ3n) is 5.13. The first-order chi connectivity index (χ1) is 13.7. The molecular weight excluding hydrogens is 366 g/mol. The van der Waals surface area contributed by atoms with E-state index in [1.54, 1.807) is 12.4 Å². The Bertz CT molecular complexity index is 833. The minimum absolute atomic E-state index is 0.0234. The predicted octanol–water partition coefficient (Wildman–Crippen LogP) is 4.26. The summed E-state index contributed by atoms with van der Waals surface area (Å²) in [6.45, 7) is 8.08. The van der Waals surface area contributed by atoms with E-state index in [4.69, 9.17) is 4.74 Å². The second-order valence-electron chi connectivity index (χ2n) is 8.51. The van der Waals surface area contributed by atoms with Crippen LogP contribution in [-0.4, -0.2) is 34.0 Å². The average molecular weight is 396 g/mol. The van der Waals surface area contributed by atoms with Crippen molar-refractivity contribution in [1.29, 1.82) is 0 Å². The molecule has 6 nitrogen and oxygen atoms in total. The van der Waals surface area contributed by atoms with E-state index >= 15 is 0 Å². The first kappa shape index (κ1) is 20.8. The molecule has 0 bridgehead atoms. The number of alkyl carbamates (subject to hydrolysis) is 1. The van der Waals surface area contributed by atoms with Gasteiger partial charge in [-0.3, -0.25) is 9.78 Å². The summed E-state index contributed by atoms with van der Waals surface area (Å²) in [6.07, 6.45) is 3.30. The molecule has 3 rings (SSSR count). The highest BCUT2D eigenvalue weighted by molar-refractivity contribution is 5.79. The summed E-state index contributed by atoms with van der Waals surface area (Å²) in [5.74, 6) is 0.0246. The molecule has 1 aromatic carbocycles. The Labute approximate surface area is 172 Å². The summed E-state index contributed by atoms with van der Waals surface area (Å²) < 4.78 is 5.45. The highest BCUT2D eigenvalue weighted by Crippen LogP contribution is 2.35. The molecule has 1 saturated heterocycles. The first-order valence-electron chi connectivity index (χ1n) is 9.98. The number of hydrogen-bond acceptors (Lipinski definition) is 4. The Hall–Kier alpha value is -2.89. The van der Waals surface area contributed by atoms with Gasteiger partial charge in [-0.15, -0.1) is 0 Å². The number of likely N-dealkylation sites (tertiary alicyclic amines) is 1. The van der Waals surface area contributed by atoms with Crippen LogP contribution in [-0.2, 0) is 9.53 Å². The van der Waals surface area contributed by atoms with Crippen LogP contribution in [0.4, 0.5) is 4.79 Å². The van der Waals surface area contributed by atoms with Crippen LogP contribution in [0.3, 0.4) is 0 Å². The third kappa shape index (κ3) is 5.34. The van der Waals surface area contributed by atoms with E-state index in [2.05, 4.69) is 10.3 Å². The van der Waals surface area contributed by atoms with Gasteiger partial charge in [-0.05, 0) is 44.9 Å².